The molecule has 2 atom stereocenters. The zero-order valence-corrected chi connectivity index (χ0v) is 15.6. The molecule has 0 radical (unpaired) electrons. The van der Waals surface area contributed by atoms with Crippen LogP contribution in [0.5, 0.6) is 0 Å². The Hall–Kier alpha value is -1.02. The first-order chi connectivity index (χ1) is 11.8. The summed E-state index contributed by atoms with van der Waals surface area (Å²) in [5.41, 5.74) is 0. The van der Waals surface area contributed by atoms with E-state index in [9.17, 15) is 13.2 Å². The summed E-state index contributed by atoms with van der Waals surface area (Å²) in [6.45, 7) is 9.58. The van der Waals surface area contributed by atoms with Crippen molar-refractivity contribution in [3.63, 3.8) is 0 Å². The van der Waals surface area contributed by atoms with Crippen molar-refractivity contribution in [3.05, 3.63) is 0 Å². The third-order valence-electron chi connectivity index (χ3n) is 5.30. The first kappa shape index (κ1) is 20.3. The fraction of sp³-hybridized carbons (Fsp3) is 0.941. The van der Waals surface area contributed by atoms with E-state index >= 15 is 0 Å². The fourth-order valence-corrected chi connectivity index (χ4v) is 3.68. The molecule has 2 heterocycles. The summed E-state index contributed by atoms with van der Waals surface area (Å²) in [7, 11) is 1.73. The van der Waals surface area contributed by atoms with Gasteiger partial charge in [-0.15, -0.1) is 0 Å². The van der Waals surface area contributed by atoms with E-state index in [1.807, 2.05) is 0 Å². The number of rotatable bonds is 4. The maximum atomic E-state index is 12.8. The Kier molecular flexibility index (Phi) is 7.37. The van der Waals surface area contributed by atoms with Gasteiger partial charge in [-0.1, -0.05) is 6.92 Å². The zero-order valence-electron chi connectivity index (χ0n) is 15.6. The number of piperazine rings is 1. The van der Waals surface area contributed by atoms with Gasteiger partial charge in [-0.25, -0.2) is 0 Å². The van der Waals surface area contributed by atoms with Crippen LogP contribution in [0.2, 0.25) is 0 Å². The molecular weight excluding hydrogens is 331 g/mol. The van der Waals surface area contributed by atoms with E-state index in [1.54, 1.807) is 7.05 Å². The van der Waals surface area contributed by atoms with Crippen LogP contribution in [0.15, 0.2) is 4.99 Å². The third-order valence-corrected chi connectivity index (χ3v) is 5.30. The summed E-state index contributed by atoms with van der Waals surface area (Å²) >= 11 is 0. The lowest BCUT2D eigenvalue weighted by Gasteiger charge is -2.39. The number of likely N-dealkylation sites (tertiary alicyclic amines) is 1. The molecule has 2 fully saturated rings. The topological polar surface area (TPSA) is 34.1 Å². The fourth-order valence-electron chi connectivity index (χ4n) is 3.68. The molecule has 0 bridgehead atoms. The minimum Gasteiger partial charge on any atom is -0.355 e. The Morgan fingerprint density at radius 2 is 1.88 bits per heavy atom. The monoisotopic (exact) mass is 363 g/mol. The number of guanidine groups is 1. The van der Waals surface area contributed by atoms with Crippen molar-refractivity contribution in [2.24, 2.45) is 10.9 Å². The molecule has 2 rings (SSSR count). The highest BCUT2D eigenvalue weighted by Gasteiger charge is 2.41. The number of aliphatic imine (C=N–C) groups is 1. The number of halogens is 3. The molecule has 5 nitrogen and oxygen atoms in total. The lowest BCUT2D eigenvalue weighted by atomic mass is 10.0. The van der Waals surface area contributed by atoms with Crippen molar-refractivity contribution in [2.75, 3.05) is 59.4 Å². The lowest BCUT2D eigenvalue weighted by molar-refractivity contribution is -0.181. The molecule has 0 spiro atoms. The van der Waals surface area contributed by atoms with Crippen LogP contribution in [0.1, 0.15) is 26.7 Å². The normalized spacial score (nSPS) is 25.9. The van der Waals surface area contributed by atoms with Gasteiger partial charge in [0.1, 0.15) is 6.04 Å². The Morgan fingerprint density at radius 3 is 2.44 bits per heavy atom. The lowest BCUT2D eigenvalue weighted by Crippen LogP contribution is -2.57. The van der Waals surface area contributed by atoms with E-state index in [2.05, 4.69) is 27.0 Å². The summed E-state index contributed by atoms with van der Waals surface area (Å²) in [5.74, 6) is 1.56. The predicted molar refractivity (Wildman–Crippen MR) is 94.9 cm³/mol. The summed E-state index contributed by atoms with van der Waals surface area (Å²) < 4.78 is 38.5. The molecule has 0 amide bonds. The van der Waals surface area contributed by atoms with Crippen LogP contribution in [-0.4, -0.2) is 92.3 Å². The van der Waals surface area contributed by atoms with Gasteiger partial charge in [0.05, 0.1) is 0 Å². The van der Waals surface area contributed by atoms with E-state index < -0.39 is 12.2 Å². The van der Waals surface area contributed by atoms with Crippen LogP contribution < -0.4 is 5.32 Å². The number of nitrogens with one attached hydrogen (secondary N) is 1. The molecule has 0 aromatic rings. The van der Waals surface area contributed by atoms with Crippen molar-refractivity contribution >= 4 is 5.96 Å². The smallest absolute Gasteiger partial charge is 0.355 e. The molecule has 0 aromatic carbocycles. The quantitative estimate of drug-likeness (QED) is 0.611. The number of piperidine rings is 1. The zero-order chi connectivity index (χ0) is 18.4. The number of hydrogen-bond acceptors (Lipinski definition) is 3. The Morgan fingerprint density at radius 1 is 1.20 bits per heavy atom. The summed E-state index contributed by atoms with van der Waals surface area (Å²) in [4.78, 5) is 10.3. The SMILES string of the molecule is CN=C(NCCN1CCCC(C)C1)N1CCN(C(C)C(F)(F)F)CC1. The molecule has 0 aromatic heterocycles. The average Bonchev–Trinajstić information content (AvgIpc) is 2.58. The van der Waals surface area contributed by atoms with Crippen molar-refractivity contribution in [2.45, 2.75) is 38.9 Å². The highest BCUT2D eigenvalue weighted by Crippen LogP contribution is 2.25. The minimum atomic E-state index is -4.16. The van der Waals surface area contributed by atoms with Crippen LogP contribution in [0, 0.1) is 5.92 Å². The van der Waals surface area contributed by atoms with Gasteiger partial charge < -0.3 is 15.1 Å². The average molecular weight is 363 g/mol. The van der Waals surface area contributed by atoms with Crippen LogP contribution in [0.3, 0.4) is 0 Å². The summed E-state index contributed by atoms with van der Waals surface area (Å²) in [6.07, 6.45) is -1.59. The Bertz CT molecular complexity index is 432. The van der Waals surface area contributed by atoms with E-state index in [1.165, 1.54) is 24.7 Å². The molecule has 2 saturated heterocycles. The summed E-state index contributed by atoms with van der Waals surface area (Å²) in [6, 6.07) is -1.38. The van der Waals surface area contributed by atoms with Gasteiger partial charge in [-0.05, 0) is 32.2 Å². The van der Waals surface area contributed by atoms with E-state index in [0.29, 0.717) is 26.2 Å². The molecule has 25 heavy (non-hydrogen) atoms. The molecule has 1 N–H and O–H groups in total. The van der Waals surface area contributed by atoms with Gasteiger partial charge in [0.25, 0.3) is 0 Å². The Balaban J connectivity index is 1.73. The molecule has 2 aliphatic rings. The second-order valence-electron chi connectivity index (χ2n) is 7.26. The van der Waals surface area contributed by atoms with Crippen LogP contribution in [0.4, 0.5) is 13.2 Å². The Labute approximate surface area is 149 Å². The first-order valence-electron chi connectivity index (χ1n) is 9.30. The number of nitrogens with zero attached hydrogens (tertiary/aromatic N) is 4. The van der Waals surface area contributed by atoms with Crippen molar-refractivity contribution in [3.8, 4) is 0 Å². The van der Waals surface area contributed by atoms with Crippen molar-refractivity contribution in [1.82, 2.24) is 20.0 Å². The predicted octanol–water partition coefficient (Wildman–Crippen LogP) is 1.86. The van der Waals surface area contributed by atoms with Crippen LogP contribution >= 0.6 is 0 Å². The highest BCUT2D eigenvalue weighted by molar-refractivity contribution is 5.80. The summed E-state index contributed by atoms with van der Waals surface area (Å²) in [5, 5.41) is 3.37. The maximum absolute atomic E-state index is 12.8. The van der Waals surface area contributed by atoms with E-state index in [0.717, 1.165) is 38.1 Å². The number of hydrogen-bond donors (Lipinski definition) is 1. The maximum Gasteiger partial charge on any atom is 0.403 e. The van der Waals surface area contributed by atoms with Gasteiger partial charge >= 0.3 is 6.18 Å². The van der Waals surface area contributed by atoms with Crippen molar-refractivity contribution < 1.29 is 13.2 Å². The third kappa shape index (κ3) is 6.02. The first-order valence-corrected chi connectivity index (χ1v) is 9.30. The van der Waals surface area contributed by atoms with Gasteiger partial charge in [-0.3, -0.25) is 9.89 Å². The standard InChI is InChI=1S/C17H32F3N5/c1-14-5-4-7-23(13-14)8-6-22-16(21-3)25-11-9-24(10-12-25)15(2)17(18,19)20/h14-15H,4-13H2,1-3H3,(H,21,22). The van der Waals surface area contributed by atoms with Gasteiger partial charge in [0, 0.05) is 52.9 Å². The molecular formula is C17H32F3N5. The van der Waals surface area contributed by atoms with Gasteiger partial charge in [0.2, 0.25) is 0 Å². The molecule has 146 valence electrons. The van der Waals surface area contributed by atoms with E-state index in [4.69, 9.17) is 0 Å². The molecule has 2 unspecified atom stereocenters. The van der Waals surface area contributed by atoms with Crippen molar-refractivity contribution in [1.29, 1.82) is 0 Å². The van der Waals surface area contributed by atoms with Crippen LogP contribution in [-0.2, 0) is 0 Å². The van der Waals surface area contributed by atoms with E-state index in [-0.39, 0.29) is 0 Å². The van der Waals surface area contributed by atoms with Gasteiger partial charge in [-0.2, -0.15) is 13.2 Å². The van der Waals surface area contributed by atoms with Crippen LogP contribution in [0.25, 0.3) is 0 Å². The largest absolute Gasteiger partial charge is 0.403 e. The highest BCUT2D eigenvalue weighted by atomic mass is 19.4. The molecule has 2 aliphatic heterocycles. The molecule has 0 aliphatic carbocycles. The minimum absolute atomic E-state index is 0.408. The second kappa shape index (κ2) is 9.07. The molecule has 8 heteroatoms. The van der Waals surface area contributed by atoms with Gasteiger partial charge in [0.15, 0.2) is 5.96 Å². The number of alkyl halides is 3. The molecule has 0 saturated carbocycles. The second-order valence-corrected chi connectivity index (χ2v) is 7.26.